The second-order valence-corrected chi connectivity index (χ2v) is 22.7. The van der Waals surface area contributed by atoms with Crippen molar-refractivity contribution in [2.45, 2.75) is 94.3 Å². The van der Waals surface area contributed by atoms with Crippen LogP contribution in [0.3, 0.4) is 0 Å². The minimum atomic E-state index is -11.2. The van der Waals surface area contributed by atoms with Gasteiger partial charge in [-0.2, -0.15) is 5.26 Å². The number of nitriles is 1. The van der Waals surface area contributed by atoms with Gasteiger partial charge in [-0.3, -0.25) is 0 Å². The van der Waals surface area contributed by atoms with E-state index in [0.717, 1.165) is 35.5 Å². The molecule has 0 N–H and O–H groups in total. The van der Waals surface area contributed by atoms with Crippen molar-refractivity contribution < 1.29 is 39.3 Å². The van der Waals surface area contributed by atoms with Crippen LogP contribution < -0.4 is 10.2 Å². The molecule has 8 bridgehead atoms. The first-order valence-corrected chi connectivity index (χ1v) is 22.0. The van der Waals surface area contributed by atoms with Crippen LogP contribution in [0.2, 0.25) is 0 Å². The van der Waals surface area contributed by atoms with Gasteiger partial charge in [0, 0.05) is 54.4 Å². The fourth-order valence-corrected chi connectivity index (χ4v) is 16.1. The zero-order valence-electron chi connectivity index (χ0n) is 24.1. The van der Waals surface area contributed by atoms with Crippen molar-refractivity contribution in [3.05, 3.63) is 24.3 Å². The van der Waals surface area contributed by atoms with E-state index in [1.807, 2.05) is 5.30 Å². The van der Waals surface area contributed by atoms with Crippen LogP contribution in [0.15, 0.2) is 24.3 Å². The van der Waals surface area contributed by atoms with Crippen molar-refractivity contribution in [1.82, 2.24) is 0 Å². The van der Waals surface area contributed by atoms with Crippen LogP contribution >= 0.6 is 7.92 Å². The average Bonchev–Trinajstić information content (AvgIpc) is 2.75. The number of nitrogens with zero attached hydrogens (tertiary/aromatic N) is 2. The van der Waals surface area contributed by atoms with Crippen LogP contribution in [0.4, 0.5) is 22.6 Å². The molecule has 0 unspecified atom stereocenters. The van der Waals surface area contributed by atoms with Crippen molar-refractivity contribution >= 4 is 38.4 Å². The maximum absolute atomic E-state index is 11.2. The summed E-state index contributed by atoms with van der Waals surface area (Å²) in [5.41, 5.74) is 1.56. The Morgan fingerprint density at radius 2 is 0.976 bits per heavy atom. The van der Waals surface area contributed by atoms with Crippen LogP contribution in [0.1, 0.15) is 84.0 Å². The molecule has 237 valence electrons. The number of hydrogen-bond donors (Lipinski definition) is 0. The van der Waals surface area contributed by atoms with Gasteiger partial charge in [0.05, 0.1) is 6.07 Å². The molecule has 0 aromatic heterocycles. The van der Waals surface area contributed by atoms with E-state index in [0.29, 0.717) is 10.3 Å². The van der Waals surface area contributed by atoms with Crippen LogP contribution in [0.5, 0.6) is 0 Å². The number of hydrogen-bond acceptors (Lipinski definition) is 2. The standard InChI is InChI=1S/C28H40NP.C2H3N.Au.6FH.Sb/c1-29(2)25-5-3-4-6-26(25)30(27-13-19-7-20(14-27)9-21(8-19)15-27)28-16-22-10-23(17-28)12-24(11-22)18-28;1-2-3;;;;;;;;/h3-6,19-24H,7-18H2,1-2H3;1H3;;6*1H;/q;;;;;;;;;+5/p-6. The van der Waals surface area contributed by atoms with Crippen molar-refractivity contribution in [2.75, 3.05) is 19.0 Å². The Kier molecular flexibility index (Phi) is 9.24. The second kappa shape index (κ2) is 11.2. The Balaban J connectivity index is 0.000000308. The quantitative estimate of drug-likeness (QED) is 0.171. The fourth-order valence-electron chi connectivity index (χ4n) is 10.7. The van der Waals surface area contributed by atoms with Crippen molar-refractivity contribution in [3.63, 3.8) is 0 Å². The summed E-state index contributed by atoms with van der Waals surface area (Å²) < 4.78 is 59.6. The maximum atomic E-state index is 9.93. The first-order chi connectivity index (χ1) is 18.4. The van der Waals surface area contributed by atoms with Gasteiger partial charge < -0.3 is 4.90 Å². The molecule has 9 rings (SSSR count). The molecular formula is C30H43AuF6N2PSb-. The van der Waals surface area contributed by atoms with Gasteiger partial charge in [-0.25, -0.2) is 0 Å². The Bertz CT molecular complexity index is 1030. The molecule has 1 radical (unpaired) electrons. The van der Waals surface area contributed by atoms with Gasteiger partial charge in [0.2, 0.25) is 0 Å². The van der Waals surface area contributed by atoms with Crippen LogP contribution in [-0.2, 0) is 22.4 Å². The molecule has 0 aliphatic heterocycles. The molecular weight excluding hydrogens is 852 g/mol. The van der Waals surface area contributed by atoms with Gasteiger partial charge in [0.1, 0.15) is 0 Å². The summed E-state index contributed by atoms with van der Waals surface area (Å²) in [5, 5.41) is 10.5. The zero-order valence-corrected chi connectivity index (χ0v) is 29.7. The van der Waals surface area contributed by atoms with Gasteiger partial charge in [-0.15, -0.1) is 0 Å². The van der Waals surface area contributed by atoms with Gasteiger partial charge in [0.25, 0.3) is 0 Å². The van der Waals surface area contributed by atoms with E-state index >= 15 is 0 Å². The van der Waals surface area contributed by atoms with Crippen molar-refractivity contribution in [2.24, 2.45) is 35.5 Å². The molecule has 1 aromatic carbocycles. The van der Waals surface area contributed by atoms with Gasteiger partial charge in [0.15, 0.2) is 0 Å². The Morgan fingerprint density at radius 1 is 0.707 bits per heavy atom. The van der Waals surface area contributed by atoms with Crippen LogP contribution in [0, 0.1) is 46.8 Å². The Labute approximate surface area is 260 Å². The molecule has 11 heteroatoms. The summed E-state index contributed by atoms with van der Waals surface area (Å²) in [4.78, 5) is 2.45. The Morgan fingerprint density at radius 3 is 1.24 bits per heavy atom. The predicted molar refractivity (Wildman–Crippen MR) is 153 cm³/mol. The first-order valence-electron chi connectivity index (χ1n) is 14.8. The molecule has 0 atom stereocenters. The van der Waals surface area contributed by atoms with E-state index in [1.165, 1.54) is 6.92 Å². The zero-order chi connectivity index (χ0) is 29.2. The molecule has 0 heterocycles. The van der Waals surface area contributed by atoms with E-state index in [4.69, 9.17) is 5.26 Å². The number of rotatable bonds is 4. The summed E-state index contributed by atoms with van der Waals surface area (Å²) in [6.07, 6.45) is 19.0. The van der Waals surface area contributed by atoms with E-state index in [2.05, 4.69) is 43.3 Å². The molecule has 8 aliphatic rings. The minimum absolute atomic E-state index is 0. The molecule has 1 aromatic rings. The molecule has 8 saturated carbocycles. The topological polar surface area (TPSA) is 27.0 Å². The summed E-state index contributed by atoms with van der Waals surface area (Å²) >= 11 is -11.2. The predicted octanol–water partition coefficient (Wildman–Crippen LogP) is 9.47. The second-order valence-electron chi connectivity index (χ2n) is 14.2. The summed E-state index contributed by atoms with van der Waals surface area (Å²) in [6, 6.07) is 11.5. The van der Waals surface area contributed by atoms with Gasteiger partial charge in [-0.05, 0) is 129 Å². The van der Waals surface area contributed by atoms with E-state index in [-0.39, 0.29) is 30.3 Å². The van der Waals surface area contributed by atoms with Crippen LogP contribution in [-0.4, -0.2) is 43.9 Å². The van der Waals surface area contributed by atoms with Crippen molar-refractivity contribution in [1.29, 1.82) is 5.26 Å². The van der Waals surface area contributed by atoms with Gasteiger partial charge in [-0.1, -0.05) is 26.1 Å². The molecule has 41 heavy (non-hydrogen) atoms. The summed E-state index contributed by atoms with van der Waals surface area (Å²) in [6.45, 7) is 1.43. The molecule has 2 nitrogen and oxygen atoms in total. The SMILES string of the molecule is CC#N.CN(C)c1ccccc1P(C12CC3CC(CC(C3)C1)C2)C12CC3CC(CC(C3)C1)C2.[Au].[F][Sb-]([F])([F])([F])([F])[F]. The number of halogens is 6. The molecule has 0 saturated heterocycles. The van der Waals surface area contributed by atoms with E-state index < -0.39 is 19.5 Å². The molecule has 8 fully saturated rings. The number of anilines is 1. The summed E-state index contributed by atoms with van der Waals surface area (Å²) in [7, 11) is 4.50. The number of benzene rings is 1. The van der Waals surface area contributed by atoms with Gasteiger partial charge >= 0.3 is 36.4 Å². The monoisotopic (exact) mass is 894 g/mol. The third-order valence-electron chi connectivity index (χ3n) is 10.6. The summed E-state index contributed by atoms with van der Waals surface area (Å²) in [5.74, 6) is 6.43. The molecule has 8 aliphatic carbocycles. The normalized spacial score (nSPS) is 39.9. The number of para-hydroxylation sites is 1. The third-order valence-corrected chi connectivity index (χ3v) is 14.4. The van der Waals surface area contributed by atoms with Crippen molar-refractivity contribution in [3.8, 4) is 6.07 Å². The molecule has 0 spiro atoms. The Hall–Kier alpha value is 0.0784. The third kappa shape index (κ3) is 8.03. The van der Waals surface area contributed by atoms with Crippen LogP contribution in [0.25, 0.3) is 0 Å². The van der Waals surface area contributed by atoms with E-state index in [1.54, 1.807) is 88.8 Å². The average molecular weight is 895 g/mol. The molecule has 0 amide bonds. The first kappa shape index (κ1) is 34.0. The van der Waals surface area contributed by atoms with E-state index in [9.17, 15) is 16.9 Å². The fraction of sp³-hybridized carbons (Fsp3) is 0.767.